The van der Waals surface area contributed by atoms with Gasteiger partial charge in [-0.15, -0.1) is 0 Å². The maximum Gasteiger partial charge on any atom is 0.158 e. The molecule has 1 fully saturated rings. The largest absolute Gasteiger partial charge is 0.504 e. The molecule has 0 unspecified atom stereocenters. The zero-order valence-corrected chi connectivity index (χ0v) is 18.3. The van der Waals surface area contributed by atoms with Gasteiger partial charge in [-0.2, -0.15) is 0 Å². The van der Waals surface area contributed by atoms with Crippen LogP contribution in [-0.2, 0) is 11.3 Å². The predicted molar refractivity (Wildman–Crippen MR) is 123 cm³/mol. The summed E-state index contributed by atoms with van der Waals surface area (Å²) in [4.78, 5) is 8.95. The van der Waals surface area contributed by atoms with E-state index in [-0.39, 0.29) is 5.75 Å². The Bertz CT molecular complexity index is 896. The highest BCUT2D eigenvalue weighted by molar-refractivity contribution is 6.34. The zero-order chi connectivity index (χ0) is 20.9. The average Bonchev–Trinajstić information content (AvgIpc) is 2.73. The molecule has 0 spiro atoms. The number of nitrogens with one attached hydrogen (secondary N) is 1. The van der Waals surface area contributed by atoms with Gasteiger partial charge in [0.1, 0.15) is 5.82 Å². The molecule has 160 valence electrons. The van der Waals surface area contributed by atoms with E-state index in [1.165, 1.54) is 6.20 Å². The van der Waals surface area contributed by atoms with Crippen molar-refractivity contribution in [3.05, 3.63) is 51.6 Å². The van der Waals surface area contributed by atoms with Crippen LogP contribution in [0.5, 0.6) is 5.75 Å². The molecule has 1 aromatic carbocycles. The van der Waals surface area contributed by atoms with E-state index < -0.39 is 0 Å². The van der Waals surface area contributed by atoms with Gasteiger partial charge in [-0.25, -0.2) is 4.98 Å². The van der Waals surface area contributed by atoms with Gasteiger partial charge < -0.3 is 20.1 Å². The molecule has 3 heterocycles. The highest BCUT2D eigenvalue weighted by atomic mass is 35.5. The highest BCUT2D eigenvalue weighted by Crippen LogP contribution is 2.39. The summed E-state index contributed by atoms with van der Waals surface area (Å²) in [5, 5.41) is 15.2. The summed E-state index contributed by atoms with van der Waals surface area (Å²) in [5.41, 5.74) is 2.67. The lowest BCUT2D eigenvalue weighted by atomic mass is 10.1. The minimum Gasteiger partial charge on any atom is -0.504 e. The van der Waals surface area contributed by atoms with Crippen molar-refractivity contribution in [3.63, 3.8) is 0 Å². The maximum absolute atomic E-state index is 10.5. The van der Waals surface area contributed by atoms with Crippen LogP contribution in [0.1, 0.15) is 17.5 Å². The molecule has 2 N–H and O–H groups in total. The fraction of sp³-hybridized carbons (Fsp3) is 0.409. The number of hydrogen-bond donors (Lipinski definition) is 2. The lowest BCUT2D eigenvalue weighted by Crippen LogP contribution is -2.37. The van der Waals surface area contributed by atoms with Gasteiger partial charge in [0.2, 0.25) is 0 Å². The monoisotopic (exact) mass is 448 g/mol. The van der Waals surface area contributed by atoms with Crippen LogP contribution in [0.15, 0.2) is 30.5 Å². The predicted octanol–water partition coefficient (Wildman–Crippen LogP) is 4.26. The molecule has 6 nitrogen and oxygen atoms in total. The molecular formula is C22H26Cl2N4O2. The van der Waals surface area contributed by atoms with Crippen molar-refractivity contribution < 1.29 is 9.84 Å². The second-order valence-electron chi connectivity index (χ2n) is 7.55. The first-order chi connectivity index (χ1) is 14.6. The molecule has 0 radical (unpaired) electrons. The van der Waals surface area contributed by atoms with Gasteiger partial charge in [0.15, 0.2) is 5.75 Å². The number of anilines is 2. The molecule has 30 heavy (non-hydrogen) atoms. The van der Waals surface area contributed by atoms with Gasteiger partial charge in [-0.1, -0.05) is 35.4 Å². The molecule has 2 aliphatic heterocycles. The van der Waals surface area contributed by atoms with Crippen LogP contribution in [-0.4, -0.2) is 60.9 Å². The van der Waals surface area contributed by atoms with Crippen molar-refractivity contribution in [1.82, 2.24) is 9.88 Å². The summed E-state index contributed by atoms with van der Waals surface area (Å²) >= 11 is 12.3. The third-order valence-corrected chi connectivity index (χ3v) is 5.77. The van der Waals surface area contributed by atoms with Crippen LogP contribution in [0, 0.1) is 0 Å². The number of aromatic hydroxyl groups is 1. The molecule has 0 amide bonds. The van der Waals surface area contributed by atoms with E-state index in [1.807, 2.05) is 18.2 Å². The summed E-state index contributed by atoms with van der Waals surface area (Å²) in [6.07, 6.45) is 6.63. The molecule has 4 rings (SSSR count). The van der Waals surface area contributed by atoms with Crippen LogP contribution < -0.4 is 10.2 Å². The van der Waals surface area contributed by atoms with Gasteiger partial charge in [0.25, 0.3) is 0 Å². The molecule has 0 saturated carbocycles. The number of pyridine rings is 1. The van der Waals surface area contributed by atoms with E-state index in [0.29, 0.717) is 23.1 Å². The Balaban J connectivity index is 1.44. The van der Waals surface area contributed by atoms with E-state index in [2.05, 4.69) is 26.2 Å². The van der Waals surface area contributed by atoms with Gasteiger partial charge >= 0.3 is 0 Å². The van der Waals surface area contributed by atoms with E-state index >= 15 is 0 Å². The highest BCUT2D eigenvalue weighted by Gasteiger charge is 2.21. The summed E-state index contributed by atoms with van der Waals surface area (Å²) in [6, 6.07) is 5.51. The first-order valence-corrected chi connectivity index (χ1v) is 11.0. The fourth-order valence-electron chi connectivity index (χ4n) is 3.93. The summed E-state index contributed by atoms with van der Waals surface area (Å²) in [7, 11) is 0. The number of nitrogens with zero attached hydrogens (tertiary/aromatic N) is 3. The minimum atomic E-state index is 0.168. The standard InChI is InChI=1S/C22H26Cl2N4O2/c23-17-11-16(12-18(24)13-17)15-28-6-1-3-19-21(28)20(29)14-26-22(19)25-4-2-5-27-7-9-30-10-8-27/h1,3,11-14,29H,2,4-10,15H2,(H,25,26). The SMILES string of the molecule is Oc1cnc(NCCCN2CCOCC2)c2c1N(Cc1cc(Cl)cc(Cl)c1)CC=C2. The van der Waals surface area contributed by atoms with E-state index in [9.17, 15) is 5.11 Å². The molecule has 0 bridgehead atoms. The second-order valence-corrected chi connectivity index (χ2v) is 8.42. The number of rotatable bonds is 7. The Hall–Kier alpha value is -1.99. The number of halogens is 2. The van der Waals surface area contributed by atoms with Gasteiger partial charge in [-0.05, 0) is 36.7 Å². The third kappa shape index (κ3) is 5.19. The quantitative estimate of drug-likeness (QED) is 0.616. The zero-order valence-electron chi connectivity index (χ0n) is 16.8. The summed E-state index contributed by atoms with van der Waals surface area (Å²) in [5.74, 6) is 0.955. The fourth-order valence-corrected chi connectivity index (χ4v) is 4.50. The molecule has 0 aliphatic carbocycles. The third-order valence-electron chi connectivity index (χ3n) is 5.34. The van der Waals surface area contributed by atoms with E-state index in [0.717, 1.165) is 68.4 Å². The van der Waals surface area contributed by atoms with E-state index in [4.69, 9.17) is 27.9 Å². The van der Waals surface area contributed by atoms with Crippen molar-refractivity contribution in [3.8, 4) is 5.75 Å². The molecule has 2 aromatic rings. The van der Waals surface area contributed by atoms with Crippen LogP contribution in [0.25, 0.3) is 6.08 Å². The number of fused-ring (bicyclic) bond motifs is 1. The molecule has 0 atom stereocenters. The summed E-state index contributed by atoms with van der Waals surface area (Å²) < 4.78 is 5.40. The summed E-state index contributed by atoms with van der Waals surface area (Å²) in [6.45, 7) is 6.76. The lowest BCUT2D eigenvalue weighted by Gasteiger charge is -2.30. The average molecular weight is 449 g/mol. The molecule has 1 aromatic heterocycles. The van der Waals surface area contributed by atoms with Gasteiger partial charge in [0.05, 0.1) is 25.1 Å². The Morgan fingerprint density at radius 3 is 2.67 bits per heavy atom. The van der Waals surface area contributed by atoms with Gasteiger partial charge in [-0.3, -0.25) is 4.90 Å². The number of ether oxygens (including phenoxy) is 1. The van der Waals surface area contributed by atoms with Crippen molar-refractivity contribution in [2.75, 3.05) is 56.2 Å². The maximum atomic E-state index is 10.5. The van der Waals surface area contributed by atoms with Crippen molar-refractivity contribution in [2.24, 2.45) is 0 Å². The molecule has 2 aliphatic rings. The Labute approximate surface area is 187 Å². The molecule has 1 saturated heterocycles. The molecule has 8 heteroatoms. The van der Waals surface area contributed by atoms with Crippen LogP contribution in [0.4, 0.5) is 11.5 Å². The number of morpholine rings is 1. The number of aromatic nitrogens is 1. The second kappa shape index (κ2) is 9.88. The number of benzene rings is 1. The Morgan fingerprint density at radius 2 is 1.90 bits per heavy atom. The van der Waals surface area contributed by atoms with Crippen LogP contribution in [0.2, 0.25) is 10.0 Å². The van der Waals surface area contributed by atoms with Crippen LogP contribution in [0.3, 0.4) is 0 Å². The number of hydrogen-bond acceptors (Lipinski definition) is 6. The van der Waals surface area contributed by atoms with Crippen molar-refractivity contribution >= 4 is 40.8 Å². The topological polar surface area (TPSA) is 60.9 Å². The van der Waals surface area contributed by atoms with E-state index in [1.54, 1.807) is 6.07 Å². The van der Waals surface area contributed by atoms with Crippen molar-refractivity contribution in [2.45, 2.75) is 13.0 Å². The lowest BCUT2D eigenvalue weighted by molar-refractivity contribution is 0.0378. The smallest absolute Gasteiger partial charge is 0.158 e. The molecular weight excluding hydrogens is 423 g/mol. The van der Waals surface area contributed by atoms with Crippen LogP contribution >= 0.6 is 23.2 Å². The first kappa shape index (κ1) is 21.2. The Morgan fingerprint density at radius 1 is 1.13 bits per heavy atom. The Kier molecular flexibility index (Phi) is 7.00. The minimum absolute atomic E-state index is 0.168. The first-order valence-electron chi connectivity index (χ1n) is 10.2. The van der Waals surface area contributed by atoms with Crippen molar-refractivity contribution in [1.29, 1.82) is 0 Å². The normalized spacial score (nSPS) is 16.5. The van der Waals surface area contributed by atoms with Gasteiger partial charge in [0, 0.05) is 48.3 Å².